The first-order chi connectivity index (χ1) is 32.5. The van der Waals surface area contributed by atoms with Crippen molar-refractivity contribution in [1.82, 2.24) is 0 Å². The lowest BCUT2D eigenvalue weighted by molar-refractivity contribution is -0.167. The molecule has 66 heavy (non-hydrogen) atoms. The molecule has 0 spiro atoms. The number of ether oxygens (including phenoxy) is 3. The molecule has 0 saturated heterocycles. The fraction of sp³-hybridized carbons (Fsp3) is 0.750. The Balaban J connectivity index is 4.39. The average Bonchev–Trinajstić information content (AvgIpc) is 3.31. The molecular weight excluding hydrogens is 817 g/mol. The number of hydrogen-bond acceptors (Lipinski definition) is 6. The molecule has 380 valence electrons. The van der Waals surface area contributed by atoms with E-state index in [0.717, 1.165) is 103 Å². The number of esters is 3. The fourth-order valence-corrected chi connectivity index (χ4v) is 7.76. The lowest BCUT2D eigenvalue weighted by atomic mass is 10.0. The molecule has 0 aliphatic heterocycles. The zero-order valence-corrected chi connectivity index (χ0v) is 43.4. The predicted molar refractivity (Wildman–Crippen MR) is 284 cm³/mol. The van der Waals surface area contributed by atoms with E-state index in [1.165, 1.54) is 128 Å². The van der Waals surface area contributed by atoms with E-state index in [1.807, 2.05) is 0 Å². The largest absolute Gasteiger partial charge is 0.462 e. The zero-order chi connectivity index (χ0) is 47.9. The van der Waals surface area contributed by atoms with Crippen molar-refractivity contribution < 1.29 is 28.6 Å². The van der Waals surface area contributed by atoms with Crippen LogP contribution in [-0.4, -0.2) is 37.2 Å². The van der Waals surface area contributed by atoms with Crippen molar-refractivity contribution in [2.75, 3.05) is 13.2 Å². The smallest absolute Gasteiger partial charge is 0.306 e. The van der Waals surface area contributed by atoms with Gasteiger partial charge >= 0.3 is 17.9 Å². The van der Waals surface area contributed by atoms with Gasteiger partial charge in [0.1, 0.15) is 13.2 Å². The van der Waals surface area contributed by atoms with Crippen LogP contribution in [0, 0.1) is 0 Å². The molecule has 0 aliphatic rings. The van der Waals surface area contributed by atoms with E-state index in [2.05, 4.69) is 93.7 Å². The Labute approximate surface area is 408 Å². The van der Waals surface area contributed by atoms with Crippen LogP contribution in [0.1, 0.15) is 271 Å². The van der Waals surface area contributed by atoms with Gasteiger partial charge in [0.2, 0.25) is 0 Å². The van der Waals surface area contributed by atoms with Crippen molar-refractivity contribution in [1.29, 1.82) is 0 Å². The third kappa shape index (κ3) is 51.8. The molecule has 0 rings (SSSR count). The summed E-state index contributed by atoms with van der Waals surface area (Å²) in [6.07, 6.45) is 68.8. The summed E-state index contributed by atoms with van der Waals surface area (Å²) < 4.78 is 16.8. The Morgan fingerprint density at radius 3 is 0.955 bits per heavy atom. The molecule has 0 amide bonds. The van der Waals surface area contributed by atoms with Crippen LogP contribution in [0.3, 0.4) is 0 Å². The quantitative estimate of drug-likeness (QED) is 0.0262. The minimum absolute atomic E-state index is 0.0848. The second kappa shape index (κ2) is 54.5. The SMILES string of the molecule is CC/C=C\C/C=C\C/C=C\C/C=C\CCCCCCC(=O)OC(COC(=O)CCCCCCCCCCC/C=C\C/C=C\CCCCC)COC(=O)CCCCCCCCCCCCCC. The van der Waals surface area contributed by atoms with E-state index >= 15 is 0 Å². The van der Waals surface area contributed by atoms with Crippen molar-refractivity contribution in [2.45, 2.75) is 277 Å². The number of rotatable bonds is 50. The van der Waals surface area contributed by atoms with Gasteiger partial charge in [-0.05, 0) is 89.9 Å². The Bertz CT molecular complexity index is 1240. The third-order valence-corrected chi connectivity index (χ3v) is 11.9. The fourth-order valence-electron chi connectivity index (χ4n) is 7.76. The van der Waals surface area contributed by atoms with E-state index in [1.54, 1.807) is 0 Å². The van der Waals surface area contributed by atoms with Crippen LogP contribution in [0.15, 0.2) is 72.9 Å². The van der Waals surface area contributed by atoms with Gasteiger partial charge in [0.25, 0.3) is 0 Å². The minimum Gasteiger partial charge on any atom is -0.462 e. The first-order valence-corrected chi connectivity index (χ1v) is 27.9. The second-order valence-corrected chi connectivity index (χ2v) is 18.5. The van der Waals surface area contributed by atoms with Crippen molar-refractivity contribution >= 4 is 17.9 Å². The molecule has 1 unspecified atom stereocenters. The zero-order valence-electron chi connectivity index (χ0n) is 43.4. The maximum absolute atomic E-state index is 12.8. The molecule has 6 heteroatoms. The topological polar surface area (TPSA) is 78.9 Å². The molecule has 0 bridgehead atoms. The molecule has 1 atom stereocenters. The van der Waals surface area contributed by atoms with Crippen LogP contribution in [0.25, 0.3) is 0 Å². The lowest BCUT2D eigenvalue weighted by Gasteiger charge is -2.18. The molecule has 0 aliphatic carbocycles. The molecule has 0 radical (unpaired) electrons. The maximum Gasteiger partial charge on any atom is 0.306 e. The highest BCUT2D eigenvalue weighted by Crippen LogP contribution is 2.15. The normalized spacial score (nSPS) is 12.6. The Morgan fingerprint density at radius 2 is 0.591 bits per heavy atom. The molecule has 0 heterocycles. The van der Waals surface area contributed by atoms with Crippen molar-refractivity contribution in [3.8, 4) is 0 Å². The van der Waals surface area contributed by atoms with Gasteiger partial charge in [-0.2, -0.15) is 0 Å². The molecule has 0 fully saturated rings. The summed E-state index contributed by atoms with van der Waals surface area (Å²) in [7, 11) is 0. The minimum atomic E-state index is -0.788. The molecule has 6 nitrogen and oxygen atoms in total. The van der Waals surface area contributed by atoms with Crippen LogP contribution in [0.4, 0.5) is 0 Å². The van der Waals surface area contributed by atoms with E-state index in [9.17, 15) is 14.4 Å². The number of unbranched alkanes of at least 4 members (excludes halogenated alkanes) is 27. The molecule has 0 saturated carbocycles. The second-order valence-electron chi connectivity index (χ2n) is 18.5. The summed E-state index contributed by atoms with van der Waals surface area (Å²) in [5.74, 6) is -0.906. The Hall–Kier alpha value is -3.15. The highest BCUT2D eigenvalue weighted by atomic mass is 16.6. The summed E-state index contributed by atoms with van der Waals surface area (Å²) in [5.41, 5.74) is 0. The van der Waals surface area contributed by atoms with Gasteiger partial charge < -0.3 is 14.2 Å². The standard InChI is InChI=1S/C60H104O6/c1-4-7-10-13-16-19-22-25-27-29-30-32-33-35-38-41-44-47-50-53-59(62)65-56-57(55-64-58(61)52-49-46-43-40-37-24-21-18-15-12-9-6-3)66-60(63)54-51-48-45-42-39-36-34-31-28-26-23-20-17-14-11-8-5-2/h8,11,16-17,19-20,25-28,34,36,57H,4-7,9-10,12-15,18,21-24,29-33,35,37-56H2,1-3H3/b11-8-,19-16-,20-17-,27-25-,28-26-,36-34-. The van der Waals surface area contributed by atoms with E-state index in [0.29, 0.717) is 19.3 Å². The van der Waals surface area contributed by atoms with Gasteiger partial charge in [0, 0.05) is 19.3 Å². The Morgan fingerprint density at radius 1 is 0.318 bits per heavy atom. The van der Waals surface area contributed by atoms with Gasteiger partial charge in [-0.25, -0.2) is 0 Å². The van der Waals surface area contributed by atoms with Crippen LogP contribution >= 0.6 is 0 Å². The molecule has 0 aromatic heterocycles. The van der Waals surface area contributed by atoms with Crippen LogP contribution in [-0.2, 0) is 28.6 Å². The summed E-state index contributed by atoms with van der Waals surface area (Å²) in [4.78, 5) is 38.1. The molecule has 0 N–H and O–H groups in total. The first-order valence-electron chi connectivity index (χ1n) is 27.9. The van der Waals surface area contributed by atoms with Gasteiger partial charge in [-0.1, -0.05) is 235 Å². The summed E-state index contributed by atoms with van der Waals surface area (Å²) in [5, 5.41) is 0. The van der Waals surface area contributed by atoms with Crippen molar-refractivity contribution in [2.24, 2.45) is 0 Å². The molecular formula is C60H104O6. The van der Waals surface area contributed by atoms with Crippen LogP contribution in [0.2, 0.25) is 0 Å². The molecule has 0 aromatic carbocycles. The average molecular weight is 921 g/mol. The van der Waals surface area contributed by atoms with Gasteiger partial charge in [-0.3, -0.25) is 14.4 Å². The van der Waals surface area contributed by atoms with Crippen LogP contribution in [0.5, 0.6) is 0 Å². The van der Waals surface area contributed by atoms with Gasteiger partial charge in [0.05, 0.1) is 0 Å². The number of allylic oxidation sites excluding steroid dienone is 12. The van der Waals surface area contributed by atoms with Gasteiger partial charge in [0.15, 0.2) is 6.10 Å². The van der Waals surface area contributed by atoms with E-state index in [4.69, 9.17) is 14.2 Å². The number of carbonyl (C=O) groups excluding carboxylic acids is 3. The van der Waals surface area contributed by atoms with Gasteiger partial charge in [-0.15, -0.1) is 0 Å². The summed E-state index contributed by atoms with van der Waals surface area (Å²) in [6.45, 7) is 6.49. The lowest BCUT2D eigenvalue weighted by Crippen LogP contribution is -2.30. The van der Waals surface area contributed by atoms with Crippen molar-refractivity contribution in [3.05, 3.63) is 72.9 Å². The predicted octanol–water partition coefficient (Wildman–Crippen LogP) is 18.6. The van der Waals surface area contributed by atoms with Crippen LogP contribution < -0.4 is 0 Å². The number of carbonyl (C=O) groups is 3. The monoisotopic (exact) mass is 921 g/mol. The first kappa shape index (κ1) is 62.8. The highest BCUT2D eigenvalue weighted by molar-refractivity contribution is 5.71. The Kier molecular flexibility index (Phi) is 51.9. The van der Waals surface area contributed by atoms with Crippen molar-refractivity contribution in [3.63, 3.8) is 0 Å². The summed E-state index contributed by atoms with van der Waals surface area (Å²) >= 11 is 0. The molecule has 0 aromatic rings. The van der Waals surface area contributed by atoms with E-state index in [-0.39, 0.29) is 31.1 Å². The highest BCUT2D eigenvalue weighted by Gasteiger charge is 2.19. The third-order valence-electron chi connectivity index (χ3n) is 11.9. The van der Waals surface area contributed by atoms with E-state index < -0.39 is 6.10 Å². The summed E-state index contributed by atoms with van der Waals surface area (Å²) in [6, 6.07) is 0. The number of hydrogen-bond donors (Lipinski definition) is 0. The maximum atomic E-state index is 12.8.